The van der Waals surface area contributed by atoms with Crippen LogP contribution in [-0.2, 0) is 6.42 Å². The summed E-state index contributed by atoms with van der Waals surface area (Å²) in [5.74, 6) is 0. The molecule has 1 aliphatic rings. The van der Waals surface area contributed by atoms with Crippen LogP contribution in [0.2, 0.25) is 0 Å². The van der Waals surface area contributed by atoms with Crippen LogP contribution < -0.4 is 5.73 Å². The number of rotatable bonds is 3. The highest BCUT2D eigenvalue weighted by Crippen LogP contribution is 2.50. The fraction of sp³-hybridized carbons (Fsp3) is 0.625. The topological polar surface area (TPSA) is 46.2 Å². The molecule has 18 heavy (non-hydrogen) atoms. The van der Waals surface area contributed by atoms with Crippen molar-refractivity contribution in [2.45, 2.75) is 46.1 Å². The second kappa shape index (κ2) is 4.67. The van der Waals surface area contributed by atoms with Crippen LogP contribution in [0.1, 0.15) is 37.8 Å². The molecule has 0 aliphatic heterocycles. The van der Waals surface area contributed by atoms with Crippen LogP contribution in [0.5, 0.6) is 0 Å². The predicted molar refractivity (Wildman–Crippen MR) is 75.4 cm³/mol. The van der Waals surface area contributed by atoms with Gasteiger partial charge in [0.25, 0.3) is 0 Å². The van der Waals surface area contributed by atoms with Gasteiger partial charge in [0.05, 0.1) is 6.10 Å². The van der Waals surface area contributed by atoms with E-state index in [2.05, 4.69) is 45.0 Å². The maximum atomic E-state index is 10.6. The number of benzene rings is 1. The van der Waals surface area contributed by atoms with Gasteiger partial charge in [0.1, 0.15) is 0 Å². The Kier molecular flexibility index (Phi) is 3.52. The first-order valence-corrected chi connectivity index (χ1v) is 6.83. The molecule has 0 aromatic heterocycles. The van der Waals surface area contributed by atoms with Gasteiger partial charge in [-0.05, 0) is 37.2 Å². The van der Waals surface area contributed by atoms with E-state index < -0.39 is 0 Å². The van der Waals surface area contributed by atoms with Crippen LogP contribution in [0.3, 0.4) is 0 Å². The zero-order valence-corrected chi connectivity index (χ0v) is 11.7. The van der Waals surface area contributed by atoms with Gasteiger partial charge in [0.2, 0.25) is 0 Å². The van der Waals surface area contributed by atoms with E-state index in [1.165, 1.54) is 11.1 Å². The van der Waals surface area contributed by atoms with Crippen molar-refractivity contribution < 1.29 is 5.11 Å². The molecule has 1 aromatic carbocycles. The Labute approximate surface area is 110 Å². The number of hydrogen-bond acceptors (Lipinski definition) is 2. The van der Waals surface area contributed by atoms with E-state index in [1.807, 2.05) is 0 Å². The molecule has 2 unspecified atom stereocenters. The van der Waals surface area contributed by atoms with Crippen molar-refractivity contribution in [1.29, 1.82) is 0 Å². The van der Waals surface area contributed by atoms with Crippen molar-refractivity contribution in [2.24, 2.45) is 16.6 Å². The molecule has 0 heterocycles. The minimum absolute atomic E-state index is 0.00985. The summed E-state index contributed by atoms with van der Waals surface area (Å²) >= 11 is 0. The molecule has 1 saturated carbocycles. The summed E-state index contributed by atoms with van der Waals surface area (Å²) in [4.78, 5) is 0. The van der Waals surface area contributed by atoms with Gasteiger partial charge >= 0.3 is 0 Å². The number of nitrogens with two attached hydrogens (primary N) is 1. The number of hydrogen-bond donors (Lipinski definition) is 2. The van der Waals surface area contributed by atoms with Crippen LogP contribution in [-0.4, -0.2) is 17.8 Å². The van der Waals surface area contributed by atoms with Crippen molar-refractivity contribution in [3.05, 3.63) is 35.4 Å². The third kappa shape index (κ3) is 2.32. The highest BCUT2D eigenvalue weighted by Gasteiger charge is 2.50. The lowest BCUT2D eigenvalue weighted by Gasteiger charge is -2.36. The molecule has 2 atom stereocenters. The van der Waals surface area contributed by atoms with Crippen LogP contribution in [0.15, 0.2) is 24.3 Å². The number of aryl methyl sites for hydroxylation is 1. The molecule has 2 heteroatoms. The molecule has 0 bridgehead atoms. The Bertz CT molecular complexity index is 410. The predicted octanol–water partition coefficient (Wildman–Crippen LogP) is 2.66. The minimum atomic E-state index is -0.309. The van der Waals surface area contributed by atoms with Gasteiger partial charge in [-0.15, -0.1) is 0 Å². The highest BCUT2D eigenvalue weighted by molar-refractivity contribution is 5.23. The van der Waals surface area contributed by atoms with Gasteiger partial charge in [0.15, 0.2) is 0 Å². The Morgan fingerprint density at radius 3 is 2.28 bits per heavy atom. The summed E-state index contributed by atoms with van der Waals surface area (Å²) in [5, 5.41) is 10.6. The number of aliphatic hydroxyl groups excluding tert-OH is 1. The Morgan fingerprint density at radius 2 is 1.83 bits per heavy atom. The van der Waals surface area contributed by atoms with E-state index in [-0.39, 0.29) is 16.9 Å². The SMILES string of the molecule is Cc1ccc(CC2(CN)CCC(C)(C)C2O)cc1. The summed E-state index contributed by atoms with van der Waals surface area (Å²) < 4.78 is 0. The molecular weight excluding hydrogens is 222 g/mol. The first kappa shape index (κ1) is 13.6. The molecule has 0 amide bonds. The first-order valence-electron chi connectivity index (χ1n) is 6.83. The van der Waals surface area contributed by atoms with Crippen LogP contribution in [0, 0.1) is 17.8 Å². The Balaban J connectivity index is 2.22. The van der Waals surface area contributed by atoms with E-state index in [0.717, 1.165) is 19.3 Å². The maximum Gasteiger partial charge on any atom is 0.0662 e. The largest absolute Gasteiger partial charge is 0.392 e. The molecule has 2 nitrogen and oxygen atoms in total. The van der Waals surface area contributed by atoms with E-state index >= 15 is 0 Å². The molecule has 100 valence electrons. The van der Waals surface area contributed by atoms with E-state index in [0.29, 0.717) is 6.54 Å². The number of aliphatic hydroxyl groups is 1. The molecule has 3 N–H and O–H groups in total. The second-order valence-electron chi connectivity index (χ2n) is 6.62. The highest BCUT2D eigenvalue weighted by atomic mass is 16.3. The van der Waals surface area contributed by atoms with E-state index in [1.54, 1.807) is 0 Å². The van der Waals surface area contributed by atoms with E-state index in [9.17, 15) is 5.11 Å². The Hall–Kier alpha value is -0.860. The van der Waals surface area contributed by atoms with Gasteiger partial charge in [-0.1, -0.05) is 43.7 Å². The molecule has 2 rings (SSSR count). The van der Waals surface area contributed by atoms with Gasteiger partial charge in [0, 0.05) is 12.0 Å². The van der Waals surface area contributed by atoms with Gasteiger partial charge in [-0.25, -0.2) is 0 Å². The third-order valence-electron chi connectivity index (χ3n) is 4.67. The zero-order valence-electron chi connectivity index (χ0n) is 11.7. The van der Waals surface area contributed by atoms with Crippen LogP contribution >= 0.6 is 0 Å². The lowest BCUT2D eigenvalue weighted by Crippen LogP contribution is -2.44. The van der Waals surface area contributed by atoms with Crippen LogP contribution in [0.25, 0.3) is 0 Å². The summed E-state index contributed by atoms with van der Waals surface area (Å²) in [5.41, 5.74) is 8.40. The van der Waals surface area contributed by atoms with Crippen molar-refractivity contribution >= 4 is 0 Å². The average Bonchev–Trinajstić information content (AvgIpc) is 2.57. The van der Waals surface area contributed by atoms with Gasteiger partial charge in [-0.2, -0.15) is 0 Å². The van der Waals surface area contributed by atoms with E-state index in [4.69, 9.17) is 5.73 Å². The van der Waals surface area contributed by atoms with Crippen molar-refractivity contribution in [1.82, 2.24) is 0 Å². The first-order chi connectivity index (χ1) is 8.39. The van der Waals surface area contributed by atoms with Crippen molar-refractivity contribution in [3.63, 3.8) is 0 Å². The summed E-state index contributed by atoms with van der Waals surface area (Å²) in [6.45, 7) is 6.94. The third-order valence-corrected chi connectivity index (χ3v) is 4.67. The van der Waals surface area contributed by atoms with Gasteiger partial charge < -0.3 is 10.8 Å². The van der Waals surface area contributed by atoms with Crippen LogP contribution in [0.4, 0.5) is 0 Å². The standard InChI is InChI=1S/C16H25NO/c1-12-4-6-13(7-5-12)10-16(11-17)9-8-15(2,3)14(16)18/h4-7,14,18H,8-11,17H2,1-3H3. The quantitative estimate of drug-likeness (QED) is 0.862. The second-order valence-corrected chi connectivity index (χ2v) is 6.62. The van der Waals surface area contributed by atoms with Gasteiger partial charge in [-0.3, -0.25) is 0 Å². The fourth-order valence-corrected chi connectivity index (χ4v) is 3.26. The summed E-state index contributed by atoms with van der Waals surface area (Å²) in [7, 11) is 0. The molecule has 1 fully saturated rings. The fourth-order valence-electron chi connectivity index (χ4n) is 3.26. The molecule has 1 aromatic rings. The minimum Gasteiger partial charge on any atom is -0.392 e. The maximum absolute atomic E-state index is 10.6. The summed E-state index contributed by atoms with van der Waals surface area (Å²) in [6.07, 6.45) is 2.65. The summed E-state index contributed by atoms with van der Waals surface area (Å²) in [6, 6.07) is 8.58. The van der Waals surface area contributed by atoms with Crippen molar-refractivity contribution in [2.75, 3.05) is 6.54 Å². The normalized spacial score (nSPS) is 30.6. The Morgan fingerprint density at radius 1 is 1.22 bits per heavy atom. The molecule has 0 radical (unpaired) electrons. The smallest absolute Gasteiger partial charge is 0.0662 e. The lowest BCUT2D eigenvalue weighted by atomic mass is 9.74. The van der Waals surface area contributed by atoms with Crippen molar-refractivity contribution in [3.8, 4) is 0 Å². The zero-order chi connectivity index (χ0) is 13.4. The lowest BCUT2D eigenvalue weighted by molar-refractivity contribution is -0.00463. The molecule has 1 aliphatic carbocycles. The molecular formula is C16H25NO. The molecule has 0 spiro atoms. The molecule has 0 saturated heterocycles. The average molecular weight is 247 g/mol. The monoisotopic (exact) mass is 247 g/mol.